The van der Waals surface area contributed by atoms with Gasteiger partial charge in [0.15, 0.2) is 6.29 Å². The molecule has 0 unspecified atom stereocenters. The van der Waals surface area contributed by atoms with Crippen molar-refractivity contribution in [2.24, 2.45) is 5.92 Å². The molecule has 0 bridgehead atoms. The number of carbonyl (C=O) groups excluding carboxylic acids is 1. The second-order valence-corrected chi connectivity index (χ2v) is 13.0. The van der Waals surface area contributed by atoms with Gasteiger partial charge in [0, 0.05) is 42.8 Å². The topological polar surface area (TPSA) is 92.3 Å². The summed E-state index contributed by atoms with van der Waals surface area (Å²) in [6.07, 6.45) is 6.19. The van der Waals surface area contributed by atoms with E-state index >= 15 is 0 Å². The lowest BCUT2D eigenvalue weighted by molar-refractivity contribution is -0.276. The fourth-order valence-corrected chi connectivity index (χ4v) is 6.75. The number of aliphatic hydroxyl groups excluding tert-OH is 1. The molecule has 3 N–H and O–H groups in total. The van der Waals surface area contributed by atoms with Gasteiger partial charge in [0.25, 0.3) is 0 Å². The summed E-state index contributed by atoms with van der Waals surface area (Å²) in [6.45, 7) is 8.26. The fourth-order valence-electron chi connectivity index (χ4n) is 6.75. The number of ether oxygens (including phenoxy) is 3. The lowest BCUT2D eigenvalue weighted by Gasteiger charge is -2.43. The van der Waals surface area contributed by atoms with Crippen LogP contribution in [-0.2, 0) is 22.6 Å². The molecule has 4 aromatic carbocycles. The first-order valence-electron chi connectivity index (χ1n) is 17.3. The van der Waals surface area contributed by atoms with Gasteiger partial charge < -0.3 is 30.0 Å². The smallest absolute Gasteiger partial charge is 0.319 e. The van der Waals surface area contributed by atoms with Crippen molar-refractivity contribution in [3.8, 4) is 11.5 Å². The van der Waals surface area contributed by atoms with Gasteiger partial charge in [-0.3, -0.25) is 4.90 Å². The van der Waals surface area contributed by atoms with Crippen LogP contribution in [0.4, 0.5) is 10.5 Å². The van der Waals surface area contributed by atoms with Crippen molar-refractivity contribution in [1.29, 1.82) is 0 Å². The molecule has 256 valence electrons. The molecule has 0 spiro atoms. The lowest BCUT2D eigenvalue weighted by atomic mass is 9.89. The van der Waals surface area contributed by atoms with Crippen LogP contribution in [0.1, 0.15) is 67.3 Å². The Labute approximate surface area is 289 Å². The van der Waals surface area contributed by atoms with E-state index in [1.807, 2.05) is 97.1 Å². The van der Waals surface area contributed by atoms with Crippen molar-refractivity contribution >= 4 is 11.7 Å². The van der Waals surface area contributed by atoms with Crippen LogP contribution in [0, 0.1) is 5.92 Å². The summed E-state index contributed by atoms with van der Waals surface area (Å²) in [5, 5.41) is 15.4. The van der Waals surface area contributed by atoms with Crippen LogP contribution >= 0.6 is 0 Å². The predicted molar refractivity (Wildman–Crippen MR) is 192 cm³/mol. The molecule has 49 heavy (non-hydrogen) atoms. The second-order valence-electron chi connectivity index (χ2n) is 13.0. The monoisotopic (exact) mass is 661 g/mol. The van der Waals surface area contributed by atoms with Gasteiger partial charge in [0.05, 0.1) is 18.8 Å². The van der Waals surface area contributed by atoms with Crippen LogP contribution in [0.25, 0.3) is 0 Å². The summed E-state index contributed by atoms with van der Waals surface area (Å²) in [4.78, 5) is 15.2. The first-order valence-corrected chi connectivity index (χ1v) is 17.3. The van der Waals surface area contributed by atoms with Crippen LogP contribution in [0.2, 0.25) is 0 Å². The maximum atomic E-state index is 12.7. The average Bonchev–Trinajstić information content (AvgIpc) is 3.68. The zero-order chi connectivity index (χ0) is 34.0. The van der Waals surface area contributed by atoms with Crippen LogP contribution in [0.15, 0.2) is 116 Å². The van der Waals surface area contributed by atoms with Crippen molar-refractivity contribution in [1.82, 2.24) is 10.2 Å². The van der Waals surface area contributed by atoms with E-state index in [0.29, 0.717) is 24.0 Å². The minimum absolute atomic E-state index is 0.00814. The summed E-state index contributed by atoms with van der Waals surface area (Å²) in [5.41, 5.74) is 4.50. The predicted octanol–water partition coefficient (Wildman–Crippen LogP) is 8.51. The van der Waals surface area contributed by atoms with E-state index in [0.717, 1.165) is 41.1 Å². The molecule has 1 aliphatic heterocycles. The van der Waals surface area contributed by atoms with Gasteiger partial charge in [0.2, 0.25) is 0 Å². The van der Waals surface area contributed by atoms with E-state index in [4.69, 9.17) is 14.2 Å². The van der Waals surface area contributed by atoms with Crippen molar-refractivity contribution < 1.29 is 24.1 Å². The third-order valence-corrected chi connectivity index (χ3v) is 9.54. The Bertz CT molecular complexity index is 1620. The van der Waals surface area contributed by atoms with Crippen LogP contribution in [0.5, 0.6) is 11.5 Å². The van der Waals surface area contributed by atoms with Gasteiger partial charge in [-0.25, -0.2) is 4.79 Å². The Balaban J connectivity index is 1.08. The van der Waals surface area contributed by atoms with Gasteiger partial charge in [0.1, 0.15) is 11.5 Å². The van der Waals surface area contributed by atoms with Crippen molar-refractivity contribution in [3.05, 3.63) is 138 Å². The summed E-state index contributed by atoms with van der Waals surface area (Å²) in [7, 11) is 0. The summed E-state index contributed by atoms with van der Waals surface area (Å²) in [5.74, 6) is 1.56. The molecule has 8 heteroatoms. The zero-order valence-electron chi connectivity index (χ0n) is 28.2. The van der Waals surface area contributed by atoms with Crippen LogP contribution < -0.4 is 15.4 Å². The molecule has 0 radical (unpaired) electrons. The van der Waals surface area contributed by atoms with Crippen molar-refractivity contribution in [3.63, 3.8) is 0 Å². The molecule has 2 aliphatic rings. The molecule has 4 atom stereocenters. The van der Waals surface area contributed by atoms with Gasteiger partial charge >= 0.3 is 6.03 Å². The highest BCUT2D eigenvalue weighted by atomic mass is 16.7. The molecular weight excluding hydrogens is 614 g/mol. The maximum Gasteiger partial charge on any atom is 0.319 e. The third-order valence-electron chi connectivity index (χ3n) is 9.54. The number of benzene rings is 4. The first kappa shape index (κ1) is 34.4. The lowest BCUT2D eigenvalue weighted by Crippen LogP contribution is -2.47. The highest BCUT2D eigenvalue weighted by molar-refractivity contribution is 5.89. The van der Waals surface area contributed by atoms with Gasteiger partial charge in [-0.05, 0) is 65.9 Å². The summed E-state index contributed by atoms with van der Waals surface area (Å²) in [6, 6.07) is 33.1. The van der Waals surface area contributed by atoms with E-state index in [-0.39, 0.29) is 30.8 Å². The quantitative estimate of drug-likeness (QED) is 0.125. The van der Waals surface area contributed by atoms with Crippen molar-refractivity contribution in [2.45, 2.75) is 70.3 Å². The van der Waals surface area contributed by atoms with E-state index < -0.39 is 6.29 Å². The number of hydrogen-bond acceptors (Lipinski definition) is 6. The highest BCUT2D eigenvalue weighted by Gasteiger charge is 2.40. The fraction of sp³-hybridized carbons (Fsp3) is 0.341. The molecule has 8 nitrogen and oxygen atoms in total. The maximum absolute atomic E-state index is 12.7. The van der Waals surface area contributed by atoms with Gasteiger partial charge in [-0.15, -0.1) is 6.58 Å². The Kier molecular flexibility index (Phi) is 11.8. The molecule has 0 aromatic heterocycles. The second kappa shape index (κ2) is 16.8. The van der Waals surface area contributed by atoms with E-state index in [1.54, 1.807) is 0 Å². The average molecular weight is 662 g/mol. The Hall–Kier alpha value is -4.47. The molecule has 1 aliphatic carbocycles. The number of carbonyl (C=O) groups is 1. The number of anilines is 1. The summed E-state index contributed by atoms with van der Waals surface area (Å²) >= 11 is 0. The Morgan fingerprint density at radius 1 is 0.878 bits per heavy atom. The highest BCUT2D eigenvalue weighted by Crippen LogP contribution is 2.42. The number of hydrogen-bond donors (Lipinski definition) is 3. The number of rotatable bonds is 13. The number of urea groups is 1. The number of aliphatic hydroxyl groups is 1. The molecule has 1 heterocycles. The molecule has 6 rings (SSSR count). The zero-order valence-corrected chi connectivity index (χ0v) is 28.2. The van der Waals surface area contributed by atoms with E-state index in [2.05, 4.69) is 41.2 Å². The minimum atomic E-state index is -0.544. The Morgan fingerprint density at radius 3 is 2.20 bits per heavy atom. The molecule has 1 saturated heterocycles. The van der Waals surface area contributed by atoms with Crippen LogP contribution in [0.3, 0.4) is 0 Å². The number of nitrogens with zero attached hydrogens (tertiary/aromatic N) is 1. The molecule has 2 fully saturated rings. The molecular formula is C41H47N3O5. The third kappa shape index (κ3) is 9.16. The SMILES string of the molecule is C=CCN(C[C@@H]1O[C@H](c2ccc(CNC(=O)Nc3ccc(Oc4ccccc4)cc3)cc2)O[C@H](c2ccc(CO)cc2)[C@@H]1C)C1CCCC1. The number of nitrogens with one attached hydrogen (secondary N) is 2. The molecule has 1 saturated carbocycles. The first-order chi connectivity index (χ1) is 24.0. The van der Waals surface area contributed by atoms with Crippen molar-refractivity contribution in [2.75, 3.05) is 18.4 Å². The van der Waals surface area contributed by atoms with Gasteiger partial charge in [-0.1, -0.05) is 92.6 Å². The number of amides is 2. The number of para-hydroxylation sites is 1. The van der Waals surface area contributed by atoms with Crippen LogP contribution in [-0.4, -0.2) is 41.3 Å². The van der Waals surface area contributed by atoms with E-state index in [9.17, 15) is 9.90 Å². The minimum Gasteiger partial charge on any atom is -0.457 e. The van der Waals surface area contributed by atoms with Gasteiger partial charge in [-0.2, -0.15) is 0 Å². The standard InChI is InChI=1S/C41H47N3O5/c1-3-25-44(35-9-7-8-10-35)27-38-29(2)39(32-17-15-31(28-45)16-18-32)49-40(48-38)33-19-13-30(14-20-33)26-42-41(46)43-34-21-23-37(24-22-34)47-36-11-5-4-6-12-36/h3-6,11-24,29,35,38-40,45H,1,7-10,25-28H2,2H3,(H2,42,43,46)/t29-,38+,39+,40+/m1/s1. The summed E-state index contributed by atoms with van der Waals surface area (Å²) < 4.78 is 19.2. The molecule has 4 aromatic rings. The van der Waals surface area contributed by atoms with E-state index in [1.165, 1.54) is 25.7 Å². The Morgan fingerprint density at radius 2 is 1.53 bits per heavy atom. The largest absolute Gasteiger partial charge is 0.457 e. The molecule has 2 amide bonds. The normalized spacial score (nSPS) is 21.0.